The summed E-state index contributed by atoms with van der Waals surface area (Å²) in [7, 11) is 3.80. The third kappa shape index (κ3) is 4.74. The maximum absolute atomic E-state index is 3.79. The molecule has 0 atom stereocenters. The van der Waals surface area contributed by atoms with Crippen LogP contribution in [0.3, 0.4) is 0 Å². The minimum atomic E-state index is 0.893. The summed E-state index contributed by atoms with van der Waals surface area (Å²) in [5.41, 5.74) is 2.18. The van der Waals surface area contributed by atoms with Gasteiger partial charge in [0.1, 0.15) is 0 Å². The van der Waals surface area contributed by atoms with Crippen molar-refractivity contribution >= 4 is 0 Å². The Hall–Kier alpha value is -1.02. The van der Waals surface area contributed by atoms with Crippen molar-refractivity contribution in [1.82, 2.24) is 10.6 Å². The maximum Gasteiger partial charge on any atom is 0.0264 e. The van der Waals surface area contributed by atoms with Gasteiger partial charge in [-0.3, -0.25) is 0 Å². The fourth-order valence-electron chi connectivity index (χ4n) is 0.752. The van der Waals surface area contributed by atoms with Crippen LogP contribution in [-0.4, -0.2) is 20.6 Å². The number of rotatable bonds is 5. The highest BCUT2D eigenvalue weighted by atomic mass is 14.8. The molecule has 0 saturated carbocycles. The topological polar surface area (TPSA) is 24.1 Å². The van der Waals surface area contributed by atoms with E-state index in [0.29, 0.717) is 0 Å². The predicted octanol–water partition coefficient (Wildman–Crippen LogP) is 1.44. The molecule has 2 heteroatoms. The third-order valence-corrected chi connectivity index (χ3v) is 1.57. The Morgan fingerprint density at radius 1 is 1.33 bits per heavy atom. The number of likely N-dealkylation sites (N-methyl/N-ethyl adjacent to an activating group) is 2. The fraction of sp³-hybridized carbons (Fsp3) is 0.400. The summed E-state index contributed by atoms with van der Waals surface area (Å²) in [6.45, 7) is 6.71. The molecule has 0 radical (unpaired) electrons. The van der Waals surface area contributed by atoms with Crippen LogP contribution in [0.25, 0.3) is 0 Å². The van der Waals surface area contributed by atoms with Gasteiger partial charge < -0.3 is 10.6 Å². The van der Waals surface area contributed by atoms with E-state index in [-0.39, 0.29) is 0 Å². The lowest BCUT2D eigenvalue weighted by Gasteiger charge is -2.00. The summed E-state index contributed by atoms with van der Waals surface area (Å²) in [4.78, 5) is 0. The van der Waals surface area contributed by atoms with Crippen LogP contribution in [0, 0.1) is 0 Å². The van der Waals surface area contributed by atoms with Gasteiger partial charge in [-0.1, -0.05) is 18.7 Å². The van der Waals surface area contributed by atoms with Crippen molar-refractivity contribution in [2.24, 2.45) is 0 Å². The lowest BCUT2D eigenvalue weighted by atomic mass is 10.2. The van der Waals surface area contributed by atoms with Crippen molar-refractivity contribution in [1.29, 1.82) is 0 Å². The van der Waals surface area contributed by atoms with Gasteiger partial charge in [0, 0.05) is 19.3 Å². The molecule has 12 heavy (non-hydrogen) atoms. The highest BCUT2D eigenvalue weighted by molar-refractivity contribution is 5.25. The van der Waals surface area contributed by atoms with Crippen LogP contribution in [0.2, 0.25) is 0 Å². The molecular weight excluding hydrogens is 148 g/mol. The first-order valence-electron chi connectivity index (χ1n) is 4.09. The van der Waals surface area contributed by atoms with E-state index >= 15 is 0 Å². The average molecular weight is 166 g/mol. The summed E-state index contributed by atoms with van der Waals surface area (Å²) in [6, 6.07) is 0. The van der Waals surface area contributed by atoms with Crippen molar-refractivity contribution in [2.75, 3.05) is 20.6 Å². The molecule has 0 aliphatic rings. The van der Waals surface area contributed by atoms with E-state index in [1.807, 2.05) is 27.1 Å². The standard InChI is InChI=1S/C10H18N2/c1-5-10(8-11-3)7-6-9(2)12-4/h5-7,11-12H,2,8H2,1,3-4H3/b7-6-,10-5+. The molecule has 0 aliphatic carbocycles. The monoisotopic (exact) mass is 166 g/mol. The van der Waals surface area contributed by atoms with Crippen LogP contribution in [-0.2, 0) is 0 Å². The Balaban J connectivity index is 4.02. The van der Waals surface area contributed by atoms with E-state index in [4.69, 9.17) is 0 Å². The smallest absolute Gasteiger partial charge is 0.0264 e. The lowest BCUT2D eigenvalue weighted by molar-refractivity contribution is 0.893. The van der Waals surface area contributed by atoms with Gasteiger partial charge in [0.25, 0.3) is 0 Å². The first-order valence-corrected chi connectivity index (χ1v) is 4.09. The van der Waals surface area contributed by atoms with Crippen LogP contribution in [0.1, 0.15) is 6.92 Å². The van der Waals surface area contributed by atoms with Gasteiger partial charge in [-0.15, -0.1) is 0 Å². The Kier molecular flexibility index (Phi) is 6.11. The molecule has 0 saturated heterocycles. The number of allylic oxidation sites excluding steroid dienone is 2. The largest absolute Gasteiger partial charge is 0.389 e. The molecule has 0 amide bonds. The van der Waals surface area contributed by atoms with E-state index in [2.05, 4.69) is 29.4 Å². The van der Waals surface area contributed by atoms with E-state index < -0.39 is 0 Å². The minimum absolute atomic E-state index is 0.893. The van der Waals surface area contributed by atoms with Gasteiger partial charge in [-0.25, -0.2) is 0 Å². The molecule has 0 aliphatic heterocycles. The van der Waals surface area contributed by atoms with Gasteiger partial charge in [0.2, 0.25) is 0 Å². The second-order valence-electron chi connectivity index (χ2n) is 2.50. The van der Waals surface area contributed by atoms with Crippen molar-refractivity contribution in [3.63, 3.8) is 0 Å². The molecule has 0 fully saturated rings. The van der Waals surface area contributed by atoms with Gasteiger partial charge >= 0.3 is 0 Å². The zero-order chi connectivity index (χ0) is 9.40. The van der Waals surface area contributed by atoms with Crippen molar-refractivity contribution < 1.29 is 0 Å². The van der Waals surface area contributed by atoms with Crippen LogP contribution in [0.4, 0.5) is 0 Å². The number of hydrogen-bond acceptors (Lipinski definition) is 2. The molecule has 2 N–H and O–H groups in total. The second kappa shape index (κ2) is 6.68. The summed E-state index contributed by atoms with van der Waals surface area (Å²) in [5.74, 6) is 0. The fourth-order valence-corrected chi connectivity index (χ4v) is 0.752. The quantitative estimate of drug-likeness (QED) is 0.604. The SMILES string of the molecule is C=C(/C=C\C(=C/C)CNC)NC. The number of hydrogen-bond donors (Lipinski definition) is 2. The summed E-state index contributed by atoms with van der Waals surface area (Å²) in [6.07, 6.45) is 6.10. The summed E-state index contributed by atoms with van der Waals surface area (Å²) >= 11 is 0. The Morgan fingerprint density at radius 3 is 2.42 bits per heavy atom. The Labute approximate surface area is 75.1 Å². The Morgan fingerprint density at radius 2 is 2.00 bits per heavy atom. The van der Waals surface area contributed by atoms with Gasteiger partial charge in [-0.2, -0.15) is 0 Å². The molecule has 0 unspecified atom stereocenters. The van der Waals surface area contributed by atoms with Crippen LogP contribution in [0.5, 0.6) is 0 Å². The first-order chi connectivity index (χ1) is 5.74. The predicted molar refractivity (Wildman–Crippen MR) is 55.0 cm³/mol. The van der Waals surface area contributed by atoms with Crippen molar-refractivity contribution in [2.45, 2.75) is 6.92 Å². The van der Waals surface area contributed by atoms with Crippen molar-refractivity contribution in [3.8, 4) is 0 Å². The van der Waals surface area contributed by atoms with Gasteiger partial charge in [0.05, 0.1) is 0 Å². The van der Waals surface area contributed by atoms with Crippen LogP contribution in [0.15, 0.2) is 36.1 Å². The molecule has 0 aromatic rings. The van der Waals surface area contributed by atoms with E-state index in [9.17, 15) is 0 Å². The van der Waals surface area contributed by atoms with E-state index in [0.717, 1.165) is 12.2 Å². The highest BCUT2D eigenvalue weighted by Crippen LogP contribution is 1.96. The molecule has 0 rings (SSSR count). The molecule has 68 valence electrons. The molecule has 0 bridgehead atoms. The van der Waals surface area contributed by atoms with Crippen molar-refractivity contribution in [3.05, 3.63) is 36.1 Å². The Bertz CT molecular complexity index is 190. The molecule has 0 aromatic heterocycles. The van der Waals surface area contributed by atoms with Crippen LogP contribution < -0.4 is 10.6 Å². The molecule has 0 heterocycles. The zero-order valence-corrected chi connectivity index (χ0v) is 8.15. The molecule has 2 nitrogen and oxygen atoms in total. The zero-order valence-electron chi connectivity index (χ0n) is 8.15. The minimum Gasteiger partial charge on any atom is -0.389 e. The van der Waals surface area contributed by atoms with Gasteiger partial charge in [-0.05, 0) is 25.6 Å². The summed E-state index contributed by atoms with van der Waals surface area (Å²) < 4.78 is 0. The van der Waals surface area contributed by atoms with E-state index in [1.165, 1.54) is 5.57 Å². The van der Waals surface area contributed by atoms with E-state index in [1.54, 1.807) is 0 Å². The third-order valence-electron chi connectivity index (χ3n) is 1.57. The maximum atomic E-state index is 3.79. The first kappa shape index (κ1) is 11.0. The normalized spacial score (nSPS) is 12.1. The second-order valence-corrected chi connectivity index (χ2v) is 2.50. The van der Waals surface area contributed by atoms with Gasteiger partial charge in [0.15, 0.2) is 0 Å². The summed E-state index contributed by atoms with van der Waals surface area (Å²) in [5, 5.41) is 6.05. The molecular formula is C10H18N2. The highest BCUT2D eigenvalue weighted by Gasteiger charge is 1.87. The molecule has 0 aromatic carbocycles. The number of nitrogens with one attached hydrogen (secondary N) is 2. The average Bonchev–Trinajstić information content (AvgIpc) is 2.11. The lowest BCUT2D eigenvalue weighted by Crippen LogP contribution is -2.09. The van der Waals surface area contributed by atoms with Crippen LogP contribution >= 0.6 is 0 Å². The molecule has 0 spiro atoms.